The number of rotatable bonds is 4. The molecule has 2 heteroatoms. The molecule has 0 bridgehead atoms. The summed E-state index contributed by atoms with van der Waals surface area (Å²) in [4.78, 5) is 2.46. The van der Waals surface area contributed by atoms with Crippen molar-refractivity contribution in [3.63, 3.8) is 0 Å². The summed E-state index contributed by atoms with van der Waals surface area (Å²) in [5, 5.41) is 0. The van der Waals surface area contributed by atoms with E-state index in [0.717, 1.165) is 25.6 Å². The first-order valence-electron chi connectivity index (χ1n) is 5.11. The molecule has 2 aliphatic rings. The normalized spacial score (nSPS) is 26.2. The fraction of sp³-hybridized carbons (Fsp3) is 1.00. The quantitative estimate of drug-likeness (QED) is 0.632. The third-order valence-electron chi connectivity index (χ3n) is 2.87. The number of nitrogens with zero attached hydrogens (tertiary/aromatic N) is 1. The maximum Gasteiger partial charge on any atom is 0.0828 e. The fourth-order valence-corrected chi connectivity index (χ4v) is 1.55. The lowest BCUT2D eigenvalue weighted by Crippen LogP contribution is -2.55. The summed E-state index contributed by atoms with van der Waals surface area (Å²) in [5.41, 5.74) is 0. The van der Waals surface area contributed by atoms with Crippen LogP contribution in [0.15, 0.2) is 0 Å². The van der Waals surface area contributed by atoms with Crippen LogP contribution in [-0.2, 0) is 4.74 Å². The topological polar surface area (TPSA) is 12.5 Å². The third kappa shape index (κ3) is 1.99. The highest BCUT2D eigenvalue weighted by atomic mass is 16.5. The zero-order valence-electron chi connectivity index (χ0n) is 8.12. The number of ether oxygens (including phenoxy) is 1. The van der Waals surface area contributed by atoms with E-state index in [1.54, 1.807) is 0 Å². The summed E-state index contributed by atoms with van der Waals surface area (Å²) in [6.45, 7) is 7.83. The minimum absolute atomic E-state index is 0.549. The molecule has 1 heterocycles. The van der Waals surface area contributed by atoms with E-state index in [0.29, 0.717) is 12.1 Å². The Morgan fingerprint density at radius 3 is 2.50 bits per heavy atom. The molecular formula is C10H19NO. The van der Waals surface area contributed by atoms with E-state index in [-0.39, 0.29) is 0 Å². The highest BCUT2D eigenvalue weighted by Crippen LogP contribution is 2.30. The molecule has 12 heavy (non-hydrogen) atoms. The van der Waals surface area contributed by atoms with E-state index in [9.17, 15) is 0 Å². The summed E-state index contributed by atoms with van der Waals surface area (Å²) in [6, 6.07) is 0.700. The summed E-state index contributed by atoms with van der Waals surface area (Å²) in [5.74, 6) is 0.915. The molecule has 0 N–H and O–H groups in total. The van der Waals surface area contributed by atoms with Gasteiger partial charge in [-0.2, -0.15) is 0 Å². The van der Waals surface area contributed by atoms with Gasteiger partial charge >= 0.3 is 0 Å². The smallest absolute Gasteiger partial charge is 0.0828 e. The Hall–Kier alpha value is -0.0800. The lowest BCUT2D eigenvalue weighted by Gasteiger charge is -2.41. The van der Waals surface area contributed by atoms with Gasteiger partial charge in [0.15, 0.2) is 0 Å². The van der Waals surface area contributed by atoms with Gasteiger partial charge in [0.2, 0.25) is 0 Å². The van der Waals surface area contributed by atoms with Gasteiger partial charge in [-0.3, -0.25) is 4.90 Å². The molecule has 0 aromatic heterocycles. The molecule has 1 saturated heterocycles. The zero-order chi connectivity index (χ0) is 8.55. The van der Waals surface area contributed by atoms with Crippen molar-refractivity contribution in [3.8, 4) is 0 Å². The second-order valence-electron chi connectivity index (χ2n) is 4.45. The first kappa shape index (κ1) is 8.52. The Kier molecular flexibility index (Phi) is 2.37. The molecule has 1 saturated carbocycles. The predicted octanol–water partition coefficient (Wildman–Crippen LogP) is 1.51. The van der Waals surface area contributed by atoms with Gasteiger partial charge < -0.3 is 4.74 Å². The van der Waals surface area contributed by atoms with E-state index in [4.69, 9.17) is 4.74 Å². The average Bonchev–Trinajstić information content (AvgIpc) is 2.66. The van der Waals surface area contributed by atoms with Crippen LogP contribution in [0.3, 0.4) is 0 Å². The second kappa shape index (κ2) is 3.35. The molecular weight excluding hydrogens is 150 g/mol. The zero-order valence-corrected chi connectivity index (χ0v) is 8.12. The predicted molar refractivity (Wildman–Crippen MR) is 49.2 cm³/mol. The van der Waals surface area contributed by atoms with Gasteiger partial charge in [-0.1, -0.05) is 0 Å². The van der Waals surface area contributed by atoms with Gasteiger partial charge in [0.1, 0.15) is 0 Å². The van der Waals surface area contributed by atoms with Crippen LogP contribution in [0, 0.1) is 5.92 Å². The van der Waals surface area contributed by atoms with Gasteiger partial charge in [-0.05, 0) is 32.6 Å². The summed E-state index contributed by atoms with van der Waals surface area (Å²) in [6.07, 6.45) is 3.36. The first-order chi connectivity index (χ1) is 5.75. The number of likely N-dealkylation sites (tertiary alicyclic amines) is 1. The molecule has 2 fully saturated rings. The van der Waals surface area contributed by atoms with Crippen molar-refractivity contribution in [1.29, 1.82) is 0 Å². The van der Waals surface area contributed by atoms with Crippen molar-refractivity contribution in [2.75, 3.05) is 19.7 Å². The van der Waals surface area contributed by atoms with Crippen LogP contribution in [0.25, 0.3) is 0 Å². The van der Waals surface area contributed by atoms with Crippen LogP contribution in [-0.4, -0.2) is 36.7 Å². The molecule has 0 spiro atoms. The van der Waals surface area contributed by atoms with Crippen molar-refractivity contribution in [3.05, 3.63) is 0 Å². The van der Waals surface area contributed by atoms with Crippen LogP contribution >= 0.6 is 0 Å². The molecule has 1 aliphatic heterocycles. The molecule has 70 valence electrons. The Bertz CT molecular complexity index is 145. The number of hydrogen-bond acceptors (Lipinski definition) is 2. The molecule has 0 amide bonds. The molecule has 0 unspecified atom stereocenters. The minimum atomic E-state index is 0.549. The Balaban J connectivity index is 1.55. The molecule has 0 aromatic rings. The number of hydrogen-bond donors (Lipinski definition) is 0. The van der Waals surface area contributed by atoms with Crippen molar-refractivity contribution >= 4 is 0 Å². The lowest BCUT2D eigenvalue weighted by atomic mass is 10.1. The van der Waals surface area contributed by atoms with Crippen LogP contribution in [0.5, 0.6) is 0 Å². The SMILES string of the molecule is CC(C)N1CC(OCC2CC2)C1. The second-order valence-corrected chi connectivity index (χ2v) is 4.45. The molecule has 2 nitrogen and oxygen atoms in total. The highest BCUT2D eigenvalue weighted by molar-refractivity contribution is 4.84. The third-order valence-corrected chi connectivity index (χ3v) is 2.87. The maximum absolute atomic E-state index is 5.74. The molecule has 0 aromatic carbocycles. The van der Waals surface area contributed by atoms with E-state index in [1.165, 1.54) is 12.8 Å². The van der Waals surface area contributed by atoms with Gasteiger partial charge in [0.05, 0.1) is 6.10 Å². The van der Waals surface area contributed by atoms with Gasteiger partial charge in [0.25, 0.3) is 0 Å². The van der Waals surface area contributed by atoms with E-state index >= 15 is 0 Å². The first-order valence-corrected chi connectivity index (χ1v) is 5.11. The van der Waals surface area contributed by atoms with Gasteiger partial charge in [0, 0.05) is 25.7 Å². The van der Waals surface area contributed by atoms with Gasteiger partial charge in [-0.15, -0.1) is 0 Å². The molecule has 0 radical (unpaired) electrons. The molecule has 0 atom stereocenters. The summed E-state index contributed by atoms with van der Waals surface area (Å²) in [7, 11) is 0. The van der Waals surface area contributed by atoms with Crippen molar-refractivity contribution < 1.29 is 4.74 Å². The monoisotopic (exact) mass is 169 g/mol. The summed E-state index contributed by atoms with van der Waals surface area (Å²) >= 11 is 0. The van der Waals surface area contributed by atoms with Gasteiger partial charge in [-0.25, -0.2) is 0 Å². The maximum atomic E-state index is 5.74. The van der Waals surface area contributed by atoms with Crippen LogP contribution < -0.4 is 0 Å². The van der Waals surface area contributed by atoms with Crippen molar-refractivity contribution in [2.45, 2.75) is 38.8 Å². The standard InChI is InChI=1S/C10H19NO/c1-8(2)11-5-10(6-11)12-7-9-3-4-9/h8-10H,3-7H2,1-2H3. The van der Waals surface area contributed by atoms with Crippen molar-refractivity contribution in [1.82, 2.24) is 4.90 Å². The van der Waals surface area contributed by atoms with E-state index in [1.807, 2.05) is 0 Å². The Morgan fingerprint density at radius 2 is 2.00 bits per heavy atom. The Morgan fingerprint density at radius 1 is 1.33 bits per heavy atom. The van der Waals surface area contributed by atoms with E-state index in [2.05, 4.69) is 18.7 Å². The molecule has 1 aliphatic carbocycles. The van der Waals surface area contributed by atoms with Crippen LogP contribution in [0.1, 0.15) is 26.7 Å². The fourth-order valence-electron chi connectivity index (χ4n) is 1.55. The largest absolute Gasteiger partial charge is 0.375 e. The van der Waals surface area contributed by atoms with Crippen molar-refractivity contribution in [2.24, 2.45) is 5.92 Å². The lowest BCUT2D eigenvalue weighted by molar-refractivity contribution is -0.0695. The summed E-state index contributed by atoms with van der Waals surface area (Å²) < 4.78 is 5.74. The minimum Gasteiger partial charge on any atom is -0.375 e. The Labute approximate surface area is 74.9 Å². The molecule has 2 rings (SSSR count). The van der Waals surface area contributed by atoms with Crippen LogP contribution in [0.2, 0.25) is 0 Å². The van der Waals surface area contributed by atoms with E-state index < -0.39 is 0 Å². The average molecular weight is 169 g/mol. The highest BCUT2D eigenvalue weighted by Gasteiger charge is 2.31. The van der Waals surface area contributed by atoms with Crippen LogP contribution in [0.4, 0.5) is 0 Å².